The monoisotopic (exact) mass is 274 g/mol. The lowest BCUT2D eigenvalue weighted by molar-refractivity contribution is 0.948. The van der Waals surface area contributed by atoms with Crippen molar-refractivity contribution in [1.29, 1.82) is 0 Å². The van der Waals surface area contributed by atoms with E-state index in [1.54, 1.807) is 0 Å². The van der Waals surface area contributed by atoms with Crippen LogP contribution in [0.15, 0.2) is 47.5 Å². The van der Waals surface area contributed by atoms with Gasteiger partial charge in [-0.1, -0.05) is 35.4 Å². The molecular formula is C19H18N2. The first-order chi connectivity index (χ1) is 10.2. The molecule has 1 aliphatic heterocycles. The van der Waals surface area contributed by atoms with Crippen LogP contribution in [-0.4, -0.2) is 17.2 Å². The molecule has 2 heterocycles. The van der Waals surface area contributed by atoms with E-state index >= 15 is 0 Å². The second-order valence-corrected chi connectivity index (χ2v) is 5.88. The minimum absolute atomic E-state index is 0.872. The zero-order chi connectivity index (χ0) is 14.4. The van der Waals surface area contributed by atoms with Crippen LogP contribution in [0.2, 0.25) is 0 Å². The predicted molar refractivity (Wildman–Crippen MR) is 88.4 cm³/mol. The second kappa shape index (κ2) is 4.59. The van der Waals surface area contributed by atoms with Gasteiger partial charge in [0, 0.05) is 23.0 Å². The summed E-state index contributed by atoms with van der Waals surface area (Å²) in [6, 6.07) is 15.2. The molecule has 21 heavy (non-hydrogen) atoms. The summed E-state index contributed by atoms with van der Waals surface area (Å²) in [5, 5.41) is 1.34. The highest BCUT2D eigenvalue weighted by Crippen LogP contribution is 2.28. The van der Waals surface area contributed by atoms with E-state index in [1.807, 2.05) is 0 Å². The van der Waals surface area contributed by atoms with E-state index in [0.717, 1.165) is 18.7 Å². The fourth-order valence-corrected chi connectivity index (χ4v) is 3.37. The van der Waals surface area contributed by atoms with Gasteiger partial charge in [-0.05, 0) is 44.0 Å². The molecule has 0 saturated carbocycles. The minimum atomic E-state index is 0.872. The van der Waals surface area contributed by atoms with Crippen LogP contribution in [0.3, 0.4) is 0 Å². The lowest BCUT2D eigenvalue weighted by atomic mass is 9.96. The molecule has 0 saturated heterocycles. The molecule has 0 bridgehead atoms. The Morgan fingerprint density at radius 1 is 1.00 bits per heavy atom. The van der Waals surface area contributed by atoms with Crippen LogP contribution in [0.4, 0.5) is 0 Å². The van der Waals surface area contributed by atoms with Crippen LogP contribution >= 0.6 is 0 Å². The molecule has 4 rings (SSSR count). The van der Waals surface area contributed by atoms with Gasteiger partial charge in [0.05, 0.1) is 11.4 Å². The van der Waals surface area contributed by atoms with Crippen LogP contribution < -0.4 is 0 Å². The molecule has 2 aromatic carbocycles. The van der Waals surface area contributed by atoms with Gasteiger partial charge < -0.3 is 4.98 Å². The number of aromatic nitrogens is 1. The van der Waals surface area contributed by atoms with Gasteiger partial charge in [-0.15, -0.1) is 0 Å². The fraction of sp³-hybridized carbons (Fsp3) is 0.211. The third-order valence-electron chi connectivity index (χ3n) is 4.18. The molecule has 0 amide bonds. The van der Waals surface area contributed by atoms with E-state index in [2.05, 4.69) is 61.3 Å². The first-order valence-electron chi connectivity index (χ1n) is 7.45. The number of H-pyrrole nitrogens is 1. The molecule has 1 N–H and O–H groups in total. The SMILES string of the molecule is Cc1cc(C)cc(C2=NCCc3c2[nH]c2ccccc32)c1. The van der Waals surface area contributed by atoms with Crippen molar-refractivity contribution in [3.8, 4) is 0 Å². The van der Waals surface area contributed by atoms with Crippen molar-refractivity contribution in [1.82, 2.24) is 4.98 Å². The maximum atomic E-state index is 4.80. The van der Waals surface area contributed by atoms with Crippen molar-refractivity contribution >= 4 is 16.6 Å². The number of rotatable bonds is 1. The fourth-order valence-electron chi connectivity index (χ4n) is 3.37. The number of benzene rings is 2. The smallest absolute Gasteiger partial charge is 0.0884 e. The summed E-state index contributed by atoms with van der Waals surface area (Å²) < 4.78 is 0. The van der Waals surface area contributed by atoms with Gasteiger partial charge in [0.2, 0.25) is 0 Å². The Kier molecular flexibility index (Phi) is 2.71. The number of hydrogen-bond acceptors (Lipinski definition) is 1. The lowest BCUT2D eigenvalue weighted by Crippen LogP contribution is -2.14. The van der Waals surface area contributed by atoms with Crippen molar-refractivity contribution < 1.29 is 0 Å². The van der Waals surface area contributed by atoms with Crippen molar-refractivity contribution in [3.05, 3.63) is 70.4 Å². The van der Waals surface area contributed by atoms with Crippen LogP contribution in [-0.2, 0) is 6.42 Å². The first kappa shape index (κ1) is 12.4. The number of aryl methyl sites for hydroxylation is 2. The van der Waals surface area contributed by atoms with Gasteiger partial charge in [-0.25, -0.2) is 0 Å². The van der Waals surface area contributed by atoms with Gasteiger partial charge in [0.25, 0.3) is 0 Å². The van der Waals surface area contributed by atoms with E-state index in [4.69, 9.17) is 4.99 Å². The highest BCUT2D eigenvalue weighted by molar-refractivity contribution is 6.16. The van der Waals surface area contributed by atoms with Gasteiger partial charge in [-0.2, -0.15) is 0 Å². The third-order valence-corrected chi connectivity index (χ3v) is 4.18. The average Bonchev–Trinajstić information content (AvgIpc) is 2.84. The summed E-state index contributed by atoms with van der Waals surface area (Å²) in [5.74, 6) is 0. The summed E-state index contributed by atoms with van der Waals surface area (Å²) in [7, 11) is 0. The zero-order valence-corrected chi connectivity index (χ0v) is 12.4. The Morgan fingerprint density at radius 2 is 1.76 bits per heavy atom. The van der Waals surface area contributed by atoms with E-state index in [1.165, 1.54) is 38.9 Å². The Morgan fingerprint density at radius 3 is 2.57 bits per heavy atom. The zero-order valence-electron chi connectivity index (χ0n) is 12.4. The van der Waals surface area contributed by atoms with Gasteiger partial charge >= 0.3 is 0 Å². The third kappa shape index (κ3) is 1.99. The second-order valence-electron chi connectivity index (χ2n) is 5.88. The van der Waals surface area contributed by atoms with Crippen molar-refractivity contribution in [3.63, 3.8) is 0 Å². The maximum Gasteiger partial charge on any atom is 0.0884 e. The topological polar surface area (TPSA) is 28.1 Å². The largest absolute Gasteiger partial charge is 0.353 e. The van der Waals surface area contributed by atoms with Gasteiger partial charge in [0.15, 0.2) is 0 Å². The lowest BCUT2D eigenvalue weighted by Gasteiger charge is -2.14. The number of aliphatic imine (C=N–C) groups is 1. The normalized spacial score (nSPS) is 14.1. The Hall–Kier alpha value is -2.35. The molecule has 0 spiro atoms. The molecule has 1 aliphatic rings. The summed E-state index contributed by atoms with van der Waals surface area (Å²) in [5.41, 5.74) is 8.73. The van der Waals surface area contributed by atoms with E-state index in [9.17, 15) is 0 Å². The van der Waals surface area contributed by atoms with E-state index in [0.29, 0.717) is 0 Å². The molecule has 0 radical (unpaired) electrons. The standard InChI is InChI=1S/C19H18N2/c1-12-9-13(2)11-14(10-12)18-19-16(7-8-20-18)15-5-3-4-6-17(15)21-19/h3-6,9-11,21H,7-8H2,1-2H3. The van der Waals surface area contributed by atoms with Crippen molar-refractivity contribution in [2.45, 2.75) is 20.3 Å². The van der Waals surface area contributed by atoms with Crippen LogP contribution in [0, 0.1) is 13.8 Å². The molecule has 3 aromatic rings. The molecule has 0 aliphatic carbocycles. The van der Waals surface area contributed by atoms with E-state index < -0.39 is 0 Å². The summed E-state index contributed by atoms with van der Waals surface area (Å²) in [6.45, 7) is 5.16. The summed E-state index contributed by atoms with van der Waals surface area (Å²) >= 11 is 0. The molecule has 0 fully saturated rings. The maximum absolute atomic E-state index is 4.80. The molecule has 2 nitrogen and oxygen atoms in total. The molecule has 0 atom stereocenters. The van der Waals surface area contributed by atoms with Crippen LogP contribution in [0.5, 0.6) is 0 Å². The molecule has 1 aromatic heterocycles. The number of para-hydroxylation sites is 1. The molecular weight excluding hydrogens is 256 g/mol. The highest BCUT2D eigenvalue weighted by atomic mass is 14.8. The minimum Gasteiger partial charge on any atom is -0.353 e. The summed E-state index contributed by atoms with van der Waals surface area (Å²) in [4.78, 5) is 8.38. The van der Waals surface area contributed by atoms with Crippen molar-refractivity contribution in [2.75, 3.05) is 6.54 Å². The molecule has 0 unspecified atom stereocenters. The summed E-state index contributed by atoms with van der Waals surface area (Å²) in [6.07, 6.45) is 1.02. The number of nitrogens with zero attached hydrogens (tertiary/aromatic N) is 1. The Balaban J connectivity index is 1.94. The quantitative estimate of drug-likeness (QED) is 0.689. The van der Waals surface area contributed by atoms with E-state index in [-0.39, 0.29) is 0 Å². The van der Waals surface area contributed by atoms with Crippen LogP contribution in [0.1, 0.15) is 27.9 Å². The van der Waals surface area contributed by atoms with Gasteiger partial charge in [-0.3, -0.25) is 4.99 Å². The number of hydrogen-bond donors (Lipinski definition) is 1. The Bertz CT molecular complexity index is 848. The number of fused-ring (bicyclic) bond motifs is 3. The van der Waals surface area contributed by atoms with Crippen molar-refractivity contribution in [2.24, 2.45) is 4.99 Å². The number of nitrogens with one attached hydrogen (secondary N) is 1. The van der Waals surface area contributed by atoms with Crippen LogP contribution in [0.25, 0.3) is 10.9 Å². The van der Waals surface area contributed by atoms with Gasteiger partial charge in [0.1, 0.15) is 0 Å². The first-order valence-corrected chi connectivity index (χ1v) is 7.45. The molecule has 2 heteroatoms. The molecule has 104 valence electrons. The highest BCUT2D eigenvalue weighted by Gasteiger charge is 2.20. The average molecular weight is 274 g/mol. The predicted octanol–water partition coefficient (Wildman–Crippen LogP) is 4.18. The number of aromatic amines is 1. The Labute approximate surface area is 124 Å².